The van der Waals surface area contributed by atoms with Gasteiger partial charge in [-0.15, -0.1) is 0 Å². The molecule has 190 valence electrons. The molecule has 1 aliphatic heterocycles. The summed E-state index contributed by atoms with van der Waals surface area (Å²) in [7, 11) is 1.59. The molecule has 0 bridgehead atoms. The maximum Gasteiger partial charge on any atom is 0.271 e. The number of aromatic amines is 1. The minimum Gasteiger partial charge on any atom is -0.496 e. The summed E-state index contributed by atoms with van der Waals surface area (Å²) in [5.41, 5.74) is 1.11. The van der Waals surface area contributed by atoms with Crippen molar-refractivity contribution < 1.29 is 19.1 Å². The predicted octanol–water partition coefficient (Wildman–Crippen LogP) is 3.97. The third-order valence-corrected chi connectivity index (χ3v) is 8.46. The number of methoxy groups -OCH3 is 1. The quantitative estimate of drug-likeness (QED) is 0.636. The Bertz CT molecular complexity index is 1250. The zero-order chi connectivity index (χ0) is 25.7. The van der Waals surface area contributed by atoms with E-state index in [1.807, 2.05) is 18.2 Å². The maximum atomic E-state index is 13.7. The molecule has 3 aliphatic rings. The van der Waals surface area contributed by atoms with E-state index in [4.69, 9.17) is 4.74 Å². The number of rotatable bonds is 6. The SMILES string of the molecule is COc1cccc2[nH]c(C(=O)N3CC4(CCC4)CC3C(=O)N[C@H](C#N)C[C@@H]3CC(C)(C)CC3=O)cc12. The van der Waals surface area contributed by atoms with Gasteiger partial charge in [-0.2, -0.15) is 5.26 Å². The van der Waals surface area contributed by atoms with Crippen molar-refractivity contribution in [1.29, 1.82) is 5.26 Å². The second-order valence-corrected chi connectivity index (χ2v) is 11.7. The average molecular weight is 491 g/mol. The summed E-state index contributed by atoms with van der Waals surface area (Å²) in [6.07, 6.45) is 5.23. The molecule has 36 heavy (non-hydrogen) atoms. The van der Waals surface area contributed by atoms with Crippen LogP contribution in [-0.4, -0.2) is 53.2 Å². The molecule has 2 saturated carbocycles. The van der Waals surface area contributed by atoms with Crippen molar-refractivity contribution in [3.05, 3.63) is 30.0 Å². The van der Waals surface area contributed by atoms with Gasteiger partial charge >= 0.3 is 0 Å². The van der Waals surface area contributed by atoms with Crippen LogP contribution in [0.25, 0.3) is 10.9 Å². The van der Waals surface area contributed by atoms with Gasteiger partial charge in [-0.05, 0) is 61.1 Å². The predicted molar refractivity (Wildman–Crippen MR) is 134 cm³/mol. The fourth-order valence-corrected chi connectivity index (χ4v) is 6.50. The third-order valence-electron chi connectivity index (χ3n) is 8.46. The lowest BCUT2D eigenvalue weighted by molar-refractivity contribution is -0.126. The fraction of sp³-hybridized carbons (Fsp3) is 0.571. The smallest absolute Gasteiger partial charge is 0.271 e. The van der Waals surface area contributed by atoms with Crippen molar-refractivity contribution in [1.82, 2.24) is 15.2 Å². The van der Waals surface area contributed by atoms with Crippen molar-refractivity contribution in [2.24, 2.45) is 16.7 Å². The van der Waals surface area contributed by atoms with Gasteiger partial charge in [-0.1, -0.05) is 26.3 Å². The monoisotopic (exact) mass is 490 g/mol. The second kappa shape index (κ2) is 8.95. The molecule has 5 rings (SSSR count). The number of amides is 2. The number of fused-ring (bicyclic) bond motifs is 1. The Morgan fingerprint density at radius 3 is 2.69 bits per heavy atom. The zero-order valence-electron chi connectivity index (χ0n) is 21.2. The molecular formula is C28H34N4O4. The number of nitriles is 1. The Morgan fingerprint density at radius 2 is 2.08 bits per heavy atom. The lowest BCUT2D eigenvalue weighted by Crippen LogP contribution is -2.49. The number of likely N-dealkylation sites (tertiary alicyclic amines) is 1. The molecule has 2 heterocycles. The maximum absolute atomic E-state index is 13.7. The number of nitrogens with zero attached hydrogens (tertiary/aromatic N) is 2. The summed E-state index contributed by atoms with van der Waals surface area (Å²) in [4.78, 5) is 44.4. The number of benzene rings is 1. The van der Waals surface area contributed by atoms with Crippen LogP contribution in [0.4, 0.5) is 0 Å². The molecule has 2 aromatic rings. The number of Topliss-reactive ketones (excluding diaryl/α,β-unsaturated/α-hetero) is 1. The highest BCUT2D eigenvalue weighted by Gasteiger charge is 2.52. The average Bonchev–Trinajstić information content (AvgIpc) is 3.50. The van der Waals surface area contributed by atoms with E-state index in [1.54, 1.807) is 18.1 Å². The lowest BCUT2D eigenvalue weighted by Gasteiger charge is -2.37. The van der Waals surface area contributed by atoms with Gasteiger partial charge in [0.2, 0.25) is 5.91 Å². The van der Waals surface area contributed by atoms with Gasteiger partial charge in [0, 0.05) is 29.8 Å². The zero-order valence-corrected chi connectivity index (χ0v) is 21.2. The van der Waals surface area contributed by atoms with Crippen LogP contribution in [0.1, 0.15) is 69.3 Å². The van der Waals surface area contributed by atoms with Gasteiger partial charge in [0.1, 0.15) is 29.3 Å². The highest BCUT2D eigenvalue weighted by Crippen LogP contribution is 2.50. The first-order valence-electron chi connectivity index (χ1n) is 12.8. The molecule has 2 aliphatic carbocycles. The molecular weight excluding hydrogens is 456 g/mol. The summed E-state index contributed by atoms with van der Waals surface area (Å²) in [5.74, 6) is 0.0892. The lowest BCUT2D eigenvalue weighted by atomic mass is 9.67. The molecule has 8 heteroatoms. The van der Waals surface area contributed by atoms with E-state index in [1.165, 1.54) is 0 Å². The molecule has 3 fully saturated rings. The van der Waals surface area contributed by atoms with Crippen molar-refractivity contribution >= 4 is 28.5 Å². The topological polar surface area (TPSA) is 115 Å². The standard InChI is InChI=1S/C28H34N4O4/c1-27(2)12-17(23(33)14-27)10-18(15-29)30-25(34)22-13-28(8-5-9-28)16-32(22)26(35)21-11-19-20(31-21)6-4-7-24(19)36-3/h4,6-7,11,17-18,22,31H,5,8-10,12-14,16H2,1-3H3,(H,30,34)/t17-,18+,22?/m1/s1. The van der Waals surface area contributed by atoms with E-state index in [2.05, 4.69) is 30.2 Å². The summed E-state index contributed by atoms with van der Waals surface area (Å²) >= 11 is 0. The van der Waals surface area contributed by atoms with Crippen molar-refractivity contribution in [3.63, 3.8) is 0 Å². The molecule has 8 nitrogen and oxygen atoms in total. The Balaban J connectivity index is 1.34. The molecule has 1 unspecified atom stereocenters. The van der Waals surface area contributed by atoms with Crippen LogP contribution >= 0.6 is 0 Å². The second-order valence-electron chi connectivity index (χ2n) is 11.7. The van der Waals surface area contributed by atoms with E-state index >= 15 is 0 Å². The van der Waals surface area contributed by atoms with Gasteiger partial charge in [0.05, 0.1) is 13.2 Å². The summed E-state index contributed by atoms with van der Waals surface area (Å²) in [6.45, 7) is 4.65. The van der Waals surface area contributed by atoms with Crippen LogP contribution in [-0.2, 0) is 9.59 Å². The highest BCUT2D eigenvalue weighted by atomic mass is 16.5. The minimum atomic E-state index is -0.757. The van der Waals surface area contributed by atoms with E-state index < -0.39 is 12.1 Å². The molecule has 3 atom stereocenters. The number of H-pyrrole nitrogens is 1. The van der Waals surface area contributed by atoms with E-state index in [0.717, 1.165) is 36.6 Å². The van der Waals surface area contributed by atoms with Crippen LogP contribution in [0.15, 0.2) is 24.3 Å². The molecule has 1 spiro atoms. The van der Waals surface area contributed by atoms with Crippen LogP contribution < -0.4 is 10.1 Å². The van der Waals surface area contributed by atoms with E-state index in [-0.39, 0.29) is 34.3 Å². The first kappa shape index (κ1) is 24.4. The number of carbonyl (C=O) groups excluding carboxylic acids is 3. The first-order chi connectivity index (χ1) is 17.1. The normalized spacial score (nSPS) is 24.9. The van der Waals surface area contributed by atoms with Crippen molar-refractivity contribution in [2.45, 2.75) is 70.9 Å². The number of aromatic nitrogens is 1. The van der Waals surface area contributed by atoms with Crippen LogP contribution in [0.2, 0.25) is 0 Å². The van der Waals surface area contributed by atoms with Crippen LogP contribution in [0, 0.1) is 28.1 Å². The van der Waals surface area contributed by atoms with Crippen LogP contribution in [0.3, 0.4) is 0 Å². The molecule has 2 N–H and O–H groups in total. The number of ketones is 1. The largest absolute Gasteiger partial charge is 0.496 e. The van der Waals surface area contributed by atoms with Gasteiger partial charge in [0.25, 0.3) is 5.91 Å². The number of nitrogens with one attached hydrogen (secondary N) is 2. The van der Waals surface area contributed by atoms with Gasteiger partial charge in [0.15, 0.2) is 0 Å². The van der Waals surface area contributed by atoms with Crippen molar-refractivity contribution in [2.75, 3.05) is 13.7 Å². The Kier molecular flexibility index (Phi) is 6.06. The number of ether oxygens (including phenoxy) is 1. The van der Waals surface area contributed by atoms with Gasteiger partial charge in [-0.3, -0.25) is 14.4 Å². The summed E-state index contributed by atoms with van der Waals surface area (Å²) < 4.78 is 5.43. The molecule has 2 amide bonds. The fourth-order valence-electron chi connectivity index (χ4n) is 6.50. The molecule has 1 aromatic carbocycles. The highest BCUT2D eigenvalue weighted by molar-refractivity contribution is 6.02. The minimum absolute atomic E-state index is 0.0328. The molecule has 1 aromatic heterocycles. The van der Waals surface area contributed by atoms with Gasteiger partial charge in [-0.25, -0.2) is 0 Å². The third kappa shape index (κ3) is 4.36. The Hall–Kier alpha value is -3.34. The Labute approximate surface area is 211 Å². The van der Waals surface area contributed by atoms with Gasteiger partial charge < -0.3 is 19.9 Å². The van der Waals surface area contributed by atoms with E-state index in [0.29, 0.717) is 37.3 Å². The number of hydrogen-bond donors (Lipinski definition) is 2. The summed E-state index contributed by atoms with van der Waals surface area (Å²) in [5, 5.41) is 13.5. The van der Waals surface area contributed by atoms with Crippen LogP contribution in [0.5, 0.6) is 5.75 Å². The number of carbonyl (C=O) groups is 3. The molecule has 0 radical (unpaired) electrons. The number of hydrogen-bond acceptors (Lipinski definition) is 5. The molecule has 1 saturated heterocycles. The Morgan fingerprint density at radius 1 is 1.31 bits per heavy atom. The van der Waals surface area contributed by atoms with Crippen molar-refractivity contribution in [3.8, 4) is 11.8 Å². The first-order valence-corrected chi connectivity index (χ1v) is 12.8. The van der Waals surface area contributed by atoms with E-state index in [9.17, 15) is 19.6 Å². The summed E-state index contributed by atoms with van der Waals surface area (Å²) in [6, 6.07) is 8.16.